The van der Waals surface area contributed by atoms with Gasteiger partial charge < -0.3 is 14.8 Å². The number of hydrogen-bond acceptors (Lipinski definition) is 4. The fraction of sp³-hybridized carbons (Fsp3) is 0.263. The molecule has 2 bridgehead atoms. The molecule has 0 aliphatic carbocycles. The van der Waals surface area contributed by atoms with E-state index in [-0.39, 0.29) is 12.0 Å². The van der Waals surface area contributed by atoms with Gasteiger partial charge in [-0.1, -0.05) is 15.9 Å². The van der Waals surface area contributed by atoms with Gasteiger partial charge in [-0.2, -0.15) is 0 Å². The zero-order chi connectivity index (χ0) is 18.5. The summed E-state index contributed by atoms with van der Waals surface area (Å²) >= 11 is 9.10. The minimum atomic E-state index is -0.611. The summed E-state index contributed by atoms with van der Waals surface area (Å²) in [7, 11) is 1.37. The average molecular weight is 433 g/mol. The van der Waals surface area contributed by atoms with Crippen molar-refractivity contribution in [1.82, 2.24) is 5.32 Å². The first-order chi connectivity index (χ1) is 12.4. The molecule has 0 amide bonds. The molecule has 7 heteroatoms. The van der Waals surface area contributed by atoms with Gasteiger partial charge in [0.2, 0.25) is 0 Å². The molecule has 1 saturated heterocycles. The molecule has 1 N–H and O–H groups in total. The standard InChI is InChI=1S/C19H17BrN2O3S/c1-19-10-15(14-9-11(17(23)24-2)3-8-16(14)25-19)21-18(26)22(19)13-6-4-12(20)5-7-13/h3-9,15H,10H2,1-2H3,(H,21,26)/t15-,19-/m1/s1. The van der Waals surface area contributed by atoms with E-state index in [9.17, 15) is 4.79 Å². The third-order valence-corrected chi connectivity index (χ3v) is 5.61. The molecule has 2 aromatic carbocycles. The number of benzene rings is 2. The molecular weight excluding hydrogens is 416 g/mol. The molecule has 4 rings (SSSR count). The fourth-order valence-electron chi connectivity index (χ4n) is 3.60. The van der Waals surface area contributed by atoms with Crippen LogP contribution in [0.2, 0.25) is 0 Å². The Bertz CT molecular complexity index is 902. The highest BCUT2D eigenvalue weighted by atomic mass is 79.9. The first-order valence-corrected chi connectivity index (χ1v) is 9.39. The number of halogens is 1. The van der Waals surface area contributed by atoms with Gasteiger partial charge in [0.05, 0.1) is 18.7 Å². The molecule has 0 radical (unpaired) electrons. The number of methoxy groups -OCH3 is 1. The summed E-state index contributed by atoms with van der Waals surface area (Å²) in [6, 6.07) is 13.3. The van der Waals surface area contributed by atoms with Gasteiger partial charge in [-0.05, 0) is 61.6 Å². The number of esters is 1. The van der Waals surface area contributed by atoms with Crippen molar-refractivity contribution >= 4 is 44.9 Å². The molecule has 2 atom stereocenters. The van der Waals surface area contributed by atoms with Crippen LogP contribution in [0.1, 0.15) is 35.3 Å². The van der Waals surface area contributed by atoms with Crippen LogP contribution in [-0.2, 0) is 4.74 Å². The molecular formula is C19H17BrN2O3S. The van der Waals surface area contributed by atoms with Gasteiger partial charge in [-0.3, -0.25) is 4.90 Å². The van der Waals surface area contributed by atoms with Gasteiger partial charge in [0.1, 0.15) is 5.75 Å². The van der Waals surface area contributed by atoms with E-state index in [1.54, 1.807) is 6.07 Å². The Morgan fingerprint density at radius 2 is 2.08 bits per heavy atom. The average Bonchev–Trinajstić information content (AvgIpc) is 2.61. The molecule has 26 heavy (non-hydrogen) atoms. The number of hydrogen-bond donors (Lipinski definition) is 1. The second kappa shape index (κ2) is 6.25. The minimum absolute atomic E-state index is 0.0208. The number of carbonyl (C=O) groups is 1. The van der Waals surface area contributed by atoms with Crippen molar-refractivity contribution in [3.63, 3.8) is 0 Å². The van der Waals surface area contributed by atoms with Gasteiger partial charge in [-0.25, -0.2) is 4.79 Å². The Labute approximate surface area is 165 Å². The van der Waals surface area contributed by atoms with Crippen LogP contribution >= 0.6 is 28.1 Å². The molecule has 0 saturated carbocycles. The van der Waals surface area contributed by atoms with E-state index in [1.807, 2.05) is 48.2 Å². The quantitative estimate of drug-likeness (QED) is 0.567. The largest absolute Gasteiger partial charge is 0.467 e. The lowest BCUT2D eigenvalue weighted by Gasteiger charge is -2.52. The van der Waals surface area contributed by atoms with Crippen molar-refractivity contribution in [1.29, 1.82) is 0 Å². The minimum Gasteiger partial charge on any atom is -0.467 e. The van der Waals surface area contributed by atoms with Crippen molar-refractivity contribution in [3.05, 3.63) is 58.1 Å². The molecule has 2 aliphatic heterocycles. The maximum absolute atomic E-state index is 11.8. The van der Waals surface area contributed by atoms with Crippen LogP contribution in [0, 0.1) is 0 Å². The summed E-state index contributed by atoms with van der Waals surface area (Å²) in [6.07, 6.45) is 0.695. The molecule has 5 nitrogen and oxygen atoms in total. The number of thiocarbonyl (C=S) groups is 1. The lowest BCUT2D eigenvalue weighted by atomic mass is 9.89. The Morgan fingerprint density at radius 1 is 1.35 bits per heavy atom. The molecule has 0 aromatic heterocycles. The summed E-state index contributed by atoms with van der Waals surface area (Å²) in [5, 5.41) is 3.99. The SMILES string of the molecule is COC(=O)c1ccc2c(c1)[C@H]1C[C@@](C)(O2)N(c2ccc(Br)cc2)C(=S)N1. The maximum atomic E-state index is 11.8. The van der Waals surface area contributed by atoms with Crippen molar-refractivity contribution < 1.29 is 14.3 Å². The number of anilines is 1. The maximum Gasteiger partial charge on any atom is 0.337 e. The van der Waals surface area contributed by atoms with Gasteiger partial charge >= 0.3 is 5.97 Å². The van der Waals surface area contributed by atoms with Crippen molar-refractivity contribution in [3.8, 4) is 5.75 Å². The molecule has 0 unspecified atom stereocenters. The number of carbonyl (C=O) groups excluding carboxylic acids is 1. The lowest BCUT2D eigenvalue weighted by molar-refractivity contribution is 0.0494. The van der Waals surface area contributed by atoms with Crippen molar-refractivity contribution in [2.24, 2.45) is 0 Å². The molecule has 2 heterocycles. The Morgan fingerprint density at radius 3 is 2.77 bits per heavy atom. The first kappa shape index (κ1) is 17.3. The monoisotopic (exact) mass is 432 g/mol. The molecule has 0 spiro atoms. The Balaban J connectivity index is 1.75. The third kappa shape index (κ3) is 2.75. The molecule has 2 aliphatic rings. The van der Waals surface area contributed by atoms with E-state index in [0.29, 0.717) is 17.1 Å². The van der Waals surface area contributed by atoms with Crippen molar-refractivity contribution in [2.45, 2.75) is 25.1 Å². The van der Waals surface area contributed by atoms with E-state index in [0.717, 1.165) is 21.5 Å². The molecule has 134 valence electrons. The van der Waals surface area contributed by atoms with Gasteiger partial charge in [0.15, 0.2) is 10.8 Å². The topological polar surface area (TPSA) is 50.8 Å². The van der Waals surface area contributed by atoms with Crippen LogP contribution < -0.4 is 15.0 Å². The van der Waals surface area contributed by atoms with Crippen LogP contribution in [0.15, 0.2) is 46.9 Å². The Hall–Kier alpha value is -2.12. The van der Waals surface area contributed by atoms with Crippen LogP contribution in [-0.4, -0.2) is 23.9 Å². The van der Waals surface area contributed by atoms with E-state index < -0.39 is 5.72 Å². The number of ether oxygens (including phenoxy) is 2. The molecule has 1 fully saturated rings. The zero-order valence-electron chi connectivity index (χ0n) is 14.3. The van der Waals surface area contributed by atoms with E-state index in [2.05, 4.69) is 21.2 Å². The predicted octanol–water partition coefficient (Wildman–Crippen LogP) is 4.17. The normalized spacial score (nSPS) is 23.6. The highest BCUT2D eigenvalue weighted by Gasteiger charge is 2.48. The van der Waals surface area contributed by atoms with Gasteiger partial charge in [-0.15, -0.1) is 0 Å². The summed E-state index contributed by atoms with van der Waals surface area (Å²) in [4.78, 5) is 13.8. The van der Waals surface area contributed by atoms with E-state index in [1.165, 1.54) is 7.11 Å². The van der Waals surface area contributed by atoms with Crippen LogP contribution in [0.3, 0.4) is 0 Å². The predicted molar refractivity (Wildman–Crippen MR) is 107 cm³/mol. The van der Waals surface area contributed by atoms with Crippen LogP contribution in [0.5, 0.6) is 5.75 Å². The third-order valence-electron chi connectivity index (χ3n) is 4.78. The number of nitrogens with zero attached hydrogens (tertiary/aromatic N) is 1. The molecule has 2 aromatic rings. The number of fused-ring (bicyclic) bond motifs is 4. The van der Waals surface area contributed by atoms with Crippen molar-refractivity contribution in [2.75, 3.05) is 12.0 Å². The summed E-state index contributed by atoms with van der Waals surface area (Å²) < 4.78 is 12.2. The zero-order valence-corrected chi connectivity index (χ0v) is 16.7. The lowest BCUT2D eigenvalue weighted by Crippen LogP contribution is -2.65. The fourth-order valence-corrected chi connectivity index (χ4v) is 4.31. The smallest absolute Gasteiger partial charge is 0.337 e. The number of nitrogens with one attached hydrogen (secondary N) is 1. The highest BCUT2D eigenvalue weighted by Crippen LogP contribution is 2.45. The highest BCUT2D eigenvalue weighted by molar-refractivity contribution is 9.10. The summed E-state index contributed by atoms with van der Waals surface area (Å²) in [5.74, 6) is 0.379. The first-order valence-electron chi connectivity index (χ1n) is 8.19. The summed E-state index contributed by atoms with van der Waals surface area (Å²) in [5.41, 5.74) is 1.77. The van der Waals surface area contributed by atoms with Crippen LogP contribution in [0.25, 0.3) is 0 Å². The van der Waals surface area contributed by atoms with Crippen LogP contribution in [0.4, 0.5) is 5.69 Å². The van der Waals surface area contributed by atoms with Gasteiger partial charge in [0, 0.05) is 22.1 Å². The van der Waals surface area contributed by atoms with E-state index >= 15 is 0 Å². The number of rotatable bonds is 2. The second-order valence-corrected chi connectivity index (χ2v) is 7.84. The Kier molecular flexibility index (Phi) is 4.16. The van der Waals surface area contributed by atoms with Gasteiger partial charge in [0.25, 0.3) is 0 Å². The second-order valence-electron chi connectivity index (χ2n) is 6.54. The summed E-state index contributed by atoms with van der Waals surface area (Å²) in [6.45, 7) is 2.03. The van der Waals surface area contributed by atoms with E-state index in [4.69, 9.17) is 21.7 Å².